The third-order valence-corrected chi connectivity index (χ3v) is 5.23. The highest BCUT2D eigenvalue weighted by molar-refractivity contribution is 7.89. The number of alkyl halides is 1. The average Bonchev–Trinajstić information content (AvgIpc) is 2.38. The van der Waals surface area contributed by atoms with Crippen LogP contribution in [0.2, 0.25) is 0 Å². The Morgan fingerprint density at radius 2 is 1.90 bits per heavy atom. The molecule has 7 heteroatoms. The second-order valence-electron chi connectivity index (χ2n) is 5.59. The topological polar surface area (TPSA) is 66.5 Å². The molecule has 0 aromatic carbocycles. The molecule has 5 nitrogen and oxygen atoms in total. The number of carbonyl (C=O) groups excluding carboxylic acids is 1. The molecule has 1 amide bonds. The number of amides is 1. The van der Waals surface area contributed by atoms with E-state index in [1.54, 1.807) is 0 Å². The van der Waals surface area contributed by atoms with Crippen molar-refractivity contribution in [1.29, 1.82) is 0 Å². The molecule has 118 valence electrons. The summed E-state index contributed by atoms with van der Waals surface area (Å²) in [5, 5.41) is 0. The Morgan fingerprint density at radius 3 is 2.40 bits per heavy atom. The zero-order valence-corrected chi connectivity index (χ0v) is 13.8. The smallest absolute Gasteiger partial charge is 0.225 e. The summed E-state index contributed by atoms with van der Waals surface area (Å²) in [6, 6.07) is -0.0489. The molecule has 0 unspecified atom stereocenters. The Hall–Kier alpha value is -0.330. The van der Waals surface area contributed by atoms with Crippen LogP contribution in [0.25, 0.3) is 0 Å². The van der Waals surface area contributed by atoms with Gasteiger partial charge in [0, 0.05) is 30.9 Å². The molecule has 0 aromatic heterocycles. The third-order valence-electron chi connectivity index (χ3n) is 3.44. The molecule has 0 aromatic rings. The van der Waals surface area contributed by atoms with Gasteiger partial charge in [-0.05, 0) is 25.7 Å². The first kappa shape index (κ1) is 17.7. The molecule has 1 aliphatic heterocycles. The van der Waals surface area contributed by atoms with Gasteiger partial charge in [-0.2, -0.15) is 0 Å². The quantitative estimate of drug-likeness (QED) is 0.571. The number of nitrogens with one attached hydrogen (secondary N) is 1. The summed E-state index contributed by atoms with van der Waals surface area (Å²) in [7, 11) is -3.22. The molecule has 1 N–H and O–H groups in total. The number of carbonyl (C=O) groups is 1. The highest BCUT2D eigenvalue weighted by Crippen LogP contribution is 2.14. The van der Waals surface area contributed by atoms with Crippen molar-refractivity contribution >= 4 is 27.5 Å². The molecule has 0 saturated carbocycles. The summed E-state index contributed by atoms with van der Waals surface area (Å²) in [6.45, 7) is 5.03. The zero-order valence-electron chi connectivity index (χ0n) is 12.3. The van der Waals surface area contributed by atoms with E-state index < -0.39 is 10.0 Å². The van der Waals surface area contributed by atoms with Crippen LogP contribution < -0.4 is 4.72 Å². The lowest BCUT2D eigenvalue weighted by Gasteiger charge is -2.33. The maximum atomic E-state index is 11.9. The van der Waals surface area contributed by atoms with Gasteiger partial charge in [0.15, 0.2) is 0 Å². The van der Waals surface area contributed by atoms with Crippen molar-refractivity contribution in [2.75, 3.05) is 24.7 Å². The summed E-state index contributed by atoms with van der Waals surface area (Å²) >= 11 is 5.54. The van der Waals surface area contributed by atoms with E-state index in [-0.39, 0.29) is 23.6 Å². The molecule has 1 saturated heterocycles. The SMILES string of the molecule is CC(C)C(=O)N1CCC(NS(=O)(=O)CCCCCl)CC1. The van der Waals surface area contributed by atoms with Crippen molar-refractivity contribution in [2.24, 2.45) is 5.92 Å². The molecule has 1 rings (SSSR count). The zero-order chi connectivity index (χ0) is 15.2. The van der Waals surface area contributed by atoms with Crippen LogP contribution >= 0.6 is 11.6 Å². The monoisotopic (exact) mass is 324 g/mol. The molecule has 0 radical (unpaired) electrons. The van der Waals surface area contributed by atoms with Crippen LogP contribution in [0.5, 0.6) is 0 Å². The van der Waals surface area contributed by atoms with Gasteiger partial charge >= 0.3 is 0 Å². The summed E-state index contributed by atoms with van der Waals surface area (Å²) in [5.74, 6) is 0.767. The van der Waals surface area contributed by atoms with Crippen LogP contribution in [-0.2, 0) is 14.8 Å². The van der Waals surface area contributed by atoms with Gasteiger partial charge < -0.3 is 4.90 Å². The van der Waals surface area contributed by atoms with E-state index in [4.69, 9.17) is 11.6 Å². The minimum Gasteiger partial charge on any atom is -0.342 e. The molecule has 1 aliphatic rings. The van der Waals surface area contributed by atoms with Gasteiger partial charge in [0.05, 0.1) is 5.75 Å². The number of piperidine rings is 1. The van der Waals surface area contributed by atoms with Crippen LogP contribution in [0.4, 0.5) is 0 Å². The van der Waals surface area contributed by atoms with Gasteiger partial charge in [-0.15, -0.1) is 11.6 Å². The molecule has 0 bridgehead atoms. The number of nitrogens with zero attached hydrogens (tertiary/aromatic N) is 1. The second kappa shape index (κ2) is 8.20. The molecule has 1 fully saturated rings. The second-order valence-corrected chi connectivity index (χ2v) is 7.84. The number of unbranched alkanes of at least 4 members (excludes halogenated alkanes) is 1. The fourth-order valence-electron chi connectivity index (χ4n) is 2.28. The molecule has 0 atom stereocenters. The molecular weight excluding hydrogens is 300 g/mol. The first-order valence-electron chi connectivity index (χ1n) is 7.20. The lowest BCUT2D eigenvalue weighted by molar-refractivity contribution is -0.135. The van der Waals surface area contributed by atoms with Gasteiger partial charge in [0.25, 0.3) is 0 Å². The van der Waals surface area contributed by atoms with Crippen LogP contribution in [0.1, 0.15) is 39.5 Å². The predicted octanol–water partition coefficient (Wildman–Crippen LogP) is 1.57. The van der Waals surface area contributed by atoms with Crippen molar-refractivity contribution in [3.8, 4) is 0 Å². The van der Waals surface area contributed by atoms with E-state index >= 15 is 0 Å². The number of rotatable bonds is 7. The Kier molecular flexibility index (Phi) is 7.26. The lowest BCUT2D eigenvalue weighted by atomic mass is 10.0. The van der Waals surface area contributed by atoms with Crippen molar-refractivity contribution in [2.45, 2.75) is 45.6 Å². The molecule has 0 spiro atoms. The number of halogens is 1. The van der Waals surface area contributed by atoms with Gasteiger partial charge in [-0.25, -0.2) is 13.1 Å². The molecule has 1 heterocycles. The molecule has 20 heavy (non-hydrogen) atoms. The lowest BCUT2D eigenvalue weighted by Crippen LogP contribution is -2.47. The van der Waals surface area contributed by atoms with Crippen molar-refractivity contribution in [3.05, 3.63) is 0 Å². The Morgan fingerprint density at radius 1 is 1.30 bits per heavy atom. The van der Waals surface area contributed by atoms with Crippen molar-refractivity contribution in [3.63, 3.8) is 0 Å². The summed E-state index contributed by atoms with van der Waals surface area (Å²) in [6.07, 6.45) is 2.67. The van der Waals surface area contributed by atoms with E-state index in [9.17, 15) is 13.2 Å². The van der Waals surface area contributed by atoms with Gasteiger partial charge in [0.2, 0.25) is 15.9 Å². The number of hydrogen-bond donors (Lipinski definition) is 1. The maximum absolute atomic E-state index is 11.9. The fourth-order valence-corrected chi connectivity index (χ4v) is 3.92. The minimum absolute atomic E-state index is 0.00112. The van der Waals surface area contributed by atoms with Crippen molar-refractivity contribution < 1.29 is 13.2 Å². The first-order valence-corrected chi connectivity index (χ1v) is 9.39. The van der Waals surface area contributed by atoms with Crippen LogP contribution in [0.15, 0.2) is 0 Å². The van der Waals surface area contributed by atoms with Crippen LogP contribution in [-0.4, -0.2) is 50.0 Å². The Labute approximate surface area is 127 Å². The Bertz CT molecular complexity index is 404. The van der Waals surface area contributed by atoms with Crippen LogP contribution in [0, 0.1) is 5.92 Å². The predicted molar refractivity (Wildman–Crippen MR) is 81.3 cm³/mol. The maximum Gasteiger partial charge on any atom is 0.225 e. The average molecular weight is 325 g/mol. The van der Waals surface area contributed by atoms with E-state index in [1.165, 1.54) is 0 Å². The fraction of sp³-hybridized carbons (Fsp3) is 0.923. The number of likely N-dealkylation sites (tertiary alicyclic amines) is 1. The number of sulfonamides is 1. The minimum atomic E-state index is -3.22. The summed E-state index contributed by atoms with van der Waals surface area (Å²) < 4.78 is 26.5. The highest BCUT2D eigenvalue weighted by Gasteiger charge is 2.26. The molecule has 0 aliphatic carbocycles. The van der Waals surface area contributed by atoms with E-state index in [0.717, 1.165) is 0 Å². The first-order chi connectivity index (χ1) is 9.35. The Balaban J connectivity index is 2.37. The van der Waals surface area contributed by atoms with Gasteiger partial charge in [-0.1, -0.05) is 13.8 Å². The molecular formula is C13H25ClN2O3S. The van der Waals surface area contributed by atoms with Crippen molar-refractivity contribution in [1.82, 2.24) is 9.62 Å². The third kappa shape index (κ3) is 5.97. The van der Waals surface area contributed by atoms with E-state index in [1.807, 2.05) is 18.7 Å². The normalized spacial score (nSPS) is 17.7. The largest absolute Gasteiger partial charge is 0.342 e. The van der Waals surface area contributed by atoms with Gasteiger partial charge in [0.1, 0.15) is 0 Å². The van der Waals surface area contributed by atoms with E-state index in [0.29, 0.717) is 44.7 Å². The highest BCUT2D eigenvalue weighted by atomic mass is 35.5. The summed E-state index contributed by atoms with van der Waals surface area (Å²) in [4.78, 5) is 13.7. The number of hydrogen-bond acceptors (Lipinski definition) is 3. The van der Waals surface area contributed by atoms with Crippen LogP contribution in [0.3, 0.4) is 0 Å². The standard InChI is InChI=1S/C13H25ClN2O3S/c1-11(2)13(17)16-8-5-12(6-9-16)15-20(18,19)10-4-3-7-14/h11-12,15H,3-10H2,1-2H3. The van der Waals surface area contributed by atoms with E-state index in [2.05, 4.69) is 4.72 Å². The van der Waals surface area contributed by atoms with Gasteiger partial charge in [-0.3, -0.25) is 4.79 Å². The summed E-state index contributed by atoms with van der Waals surface area (Å²) in [5.41, 5.74) is 0.